The molecule has 0 aliphatic heterocycles. The second kappa shape index (κ2) is 15.2. The first kappa shape index (κ1) is 25.4. The minimum absolute atomic E-state index is 0.0430. The summed E-state index contributed by atoms with van der Waals surface area (Å²) in [5.41, 5.74) is 0.267. The van der Waals surface area contributed by atoms with E-state index in [2.05, 4.69) is 6.92 Å². The number of hydrogen-bond donors (Lipinski definition) is 0. The second-order valence-electron chi connectivity index (χ2n) is 7.12. The molecule has 0 amide bonds. The van der Waals surface area contributed by atoms with Crippen LogP contribution in [0.5, 0.6) is 5.75 Å². The number of carbonyl (C=O) groups is 2. The van der Waals surface area contributed by atoms with Gasteiger partial charge in [-0.1, -0.05) is 57.9 Å². The van der Waals surface area contributed by atoms with Crippen LogP contribution in [0, 0.1) is 10.1 Å². The average Bonchev–Trinajstić information content (AvgIpc) is 2.74. The van der Waals surface area contributed by atoms with E-state index in [0.29, 0.717) is 12.2 Å². The number of nitro benzene ring substituents is 1. The van der Waals surface area contributed by atoms with Crippen molar-refractivity contribution in [2.45, 2.75) is 77.7 Å². The van der Waals surface area contributed by atoms with Gasteiger partial charge in [0.25, 0.3) is 0 Å². The maximum Gasteiger partial charge on any atom is 0.311 e. The zero-order valence-electron chi connectivity index (χ0n) is 18.0. The fourth-order valence-corrected chi connectivity index (χ4v) is 2.90. The lowest BCUT2D eigenvalue weighted by molar-refractivity contribution is -0.385. The Hall–Kier alpha value is -2.64. The molecule has 0 fully saturated rings. The Morgan fingerprint density at radius 3 is 2.13 bits per heavy atom. The molecule has 1 rings (SSSR count). The smallest absolute Gasteiger partial charge is 0.311 e. The van der Waals surface area contributed by atoms with Crippen LogP contribution in [0.25, 0.3) is 0 Å². The van der Waals surface area contributed by atoms with Gasteiger partial charge in [0.1, 0.15) is 6.61 Å². The van der Waals surface area contributed by atoms with Crippen molar-refractivity contribution in [1.82, 2.24) is 0 Å². The van der Waals surface area contributed by atoms with E-state index in [9.17, 15) is 19.7 Å². The molecule has 0 radical (unpaired) electrons. The van der Waals surface area contributed by atoms with Crippen LogP contribution in [-0.4, -0.2) is 30.6 Å². The quantitative estimate of drug-likeness (QED) is 0.157. The third-order valence-corrected chi connectivity index (χ3v) is 4.63. The summed E-state index contributed by atoms with van der Waals surface area (Å²) >= 11 is 0. The first-order valence-electron chi connectivity index (χ1n) is 10.6. The third-order valence-electron chi connectivity index (χ3n) is 4.63. The Bertz CT molecular complexity index is 675. The highest BCUT2D eigenvalue weighted by Crippen LogP contribution is 2.27. The number of hydrogen-bond acceptors (Lipinski definition) is 7. The number of nitrogens with zero attached hydrogens (tertiary/aromatic N) is 1. The van der Waals surface area contributed by atoms with E-state index in [1.807, 2.05) is 0 Å². The van der Waals surface area contributed by atoms with E-state index in [0.717, 1.165) is 19.3 Å². The number of ether oxygens (including phenoxy) is 3. The SMILES string of the molecule is CCCCCCCCCCOC(=O)CCC(=O)OCc1ccc(OC)c([N+](=O)[O-])c1. The molecule has 0 heterocycles. The number of esters is 2. The van der Waals surface area contributed by atoms with Crippen LogP contribution < -0.4 is 4.74 Å². The lowest BCUT2D eigenvalue weighted by atomic mass is 10.1. The van der Waals surface area contributed by atoms with E-state index in [-0.39, 0.29) is 30.9 Å². The molecule has 0 aromatic heterocycles. The molecule has 8 nitrogen and oxygen atoms in total. The number of rotatable bonds is 16. The Labute approximate surface area is 178 Å². The summed E-state index contributed by atoms with van der Waals surface area (Å²) in [4.78, 5) is 33.9. The fourth-order valence-electron chi connectivity index (χ4n) is 2.90. The molecular weight excluding hydrogens is 390 g/mol. The van der Waals surface area contributed by atoms with Gasteiger partial charge in [0, 0.05) is 6.07 Å². The molecule has 0 bridgehead atoms. The van der Waals surface area contributed by atoms with Crippen molar-refractivity contribution in [2.75, 3.05) is 13.7 Å². The van der Waals surface area contributed by atoms with Crippen molar-refractivity contribution < 1.29 is 28.7 Å². The summed E-state index contributed by atoms with van der Waals surface area (Å²) in [5, 5.41) is 11.0. The van der Waals surface area contributed by atoms with Gasteiger partial charge in [-0.3, -0.25) is 19.7 Å². The molecule has 1 aromatic carbocycles. The molecule has 0 saturated carbocycles. The van der Waals surface area contributed by atoms with Gasteiger partial charge in [-0.2, -0.15) is 0 Å². The second-order valence-corrected chi connectivity index (χ2v) is 7.12. The highest BCUT2D eigenvalue weighted by atomic mass is 16.6. The summed E-state index contributed by atoms with van der Waals surface area (Å²) in [6.07, 6.45) is 9.20. The minimum atomic E-state index is -0.563. The largest absolute Gasteiger partial charge is 0.490 e. The molecule has 0 N–H and O–H groups in total. The van der Waals surface area contributed by atoms with Gasteiger partial charge < -0.3 is 14.2 Å². The highest BCUT2D eigenvalue weighted by Gasteiger charge is 2.16. The van der Waals surface area contributed by atoms with Crippen LogP contribution in [0.3, 0.4) is 0 Å². The van der Waals surface area contributed by atoms with Gasteiger partial charge in [0.05, 0.1) is 31.5 Å². The standard InChI is InChI=1S/C22H33NO7/c1-3-4-5-6-7-8-9-10-15-29-21(24)13-14-22(25)30-17-18-11-12-20(28-2)19(16-18)23(26)27/h11-12,16H,3-10,13-15,17H2,1-2H3. The van der Waals surface area contributed by atoms with E-state index in [4.69, 9.17) is 14.2 Å². The Morgan fingerprint density at radius 1 is 0.933 bits per heavy atom. The number of methoxy groups -OCH3 is 1. The molecule has 0 saturated heterocycles. The molecule has 1 aromatic rings. The minimum Gasteiger partial charge on any atom is -0.490 e. The number of benzene rings is 1. The lowest BCUT2D eigenvalue weighted by Gasteiger charge is -2.07. The molecule has 0 atom stereocenters. The fraction of sp³-hybridized carbons (Fsp3) is 0.636. The topological polar surface area (TPSA) is 105 Å². The predicted molar refractivity (Wildman–Crippen MR) is 112 cm³/mol. The van der Waals surface area contributed by atoms with Crippen molar-refractivity contribution in [3.63, 3.8) is 0 Å². The van der Waals surface area contributed by atoms with Gasteiger partial charge in [0.15, 0.2) is 5.75 Å². The van der Waals surface area contributed by atoms with E-state index in [1.54, 1.807) is 6.07 Å². The number of unbranched alkanes of at least 4 members (excludes halogenated alkanes) is 7. The maximum absolute atomic E-state index is 11.8. The molecule has 0 aliphatic rings. The number of nitro groups is 1. The molecule has 30 heavy (non-hydrogen) atoms. The van der Waals surface area contributed by atoms with Gasteiger partial charge in [-0.15, -0.1) is 0 Å². The van der Waals surface area contributed by atoms with Gasteiger partial charge >= 0.3 is 17.6 Å². The van der Waals surface area contributed by atoms with Crippen LogP contribution in [-0.2, 0) is 25.7 Å². The first-order chi connectivity index (χ1) is 14.5. The van der Waals surface area contributed by atoms with Gasteiger partial charge in [-0.25, -0.2) is 0 Å². The Kier molecular flexibility index (Phi) is 12.9. The van der Waals surface area contributed by atoms with E-state index < -0.39 is 16.9 Å². The highest BCUT2D eigenvalue weighted by molar-refractivity contribution is 5.77. The molecule has 8 heteroatoms. The van der Waals surface area contributed by atoms with Crippen LogP contribution in [0.15, 0.2) is 18.2 Å². The van der Waals surface area contributed by atoms with Gasteiger partial charge in [-0.05, 0) is 18.1 Å². The summed E-state index contributed by atoms with van der Waals surface area (Å²) in [7, 11) is 1.34. The lowest BCUT2D eigenvalue weighted by Crippen LogP contribution is -2.11. The molecule has 168 valence electrons. The number of carbonyl (C=O) groups excluding carboxylic acids is 2. The normalized spacial score (nSPS) is 10.5. The van der Waals surface area contributed by atoms with Crippen molar-refractivity contribution >= 4 is 17.6 Å². The summed E-state index contributed by atoms with van der Waals surface area (Å²) < 4.78 is 15.1. The van der Waals surface area contributed by atoms with Crippen molar-refractivity contribution in [2.24, 2.45) is 0 Å². The van der Waals surface area contributed by atoms with E-state index in [1.165, 1.54) is 51.3 Å². The van der Waals surface area contributed by atoms with Crippen LogP contribution in [0.4, 0.5) is 5.69 Å². The maximum atomic E-state index is 11.8. The average molecular weight is 424 g/mol. The molecule has 0 unspecified atom stereocenters. The van der Waals surface area contributed by atoms with Crippen LogP contribution in [0.1, 0.15) is 76.7 Å². The predicted octanol–water partition coefficient (Wildman–Crippen LogP) is 5.11. The summed E-state index contributed by atoms with van der Waals surface area (Å²) in [6.45, 7) is 2.46. The van der Waals surface area contributed by atoms with Crippen LogP contribution >= 0.6 is 0 Å². The Morgan fingerprint density at radius 2 is 1.53 bits per heavy atom. The van der Waals surface area contributed by atoms with Crippen LogP contribution in [0.2, 0.25) is 0 Å². The monoisotopic (exact) mass is 423 g/mol. The van der Waals surface area contributed by atoms with E-state index >= 15 is 0 Å². The zero-order valence-corrected chi connectivity index (χ0v) is 18.0. The summed E-state index contributed by atoms with van der Waals surface area (Å²) in [5.74, 6) is -0.846. The van der Waals surface area contributed by atoms with Crippen molar-refractivity contribution in [3.05, 3.63) is 33.9 Å². The summed E-state index contributed by atoms with van der Waals surface area (Å²) in [6, 6.07) is 4.32. The molecule has 0 spiro atoms. The molecule has 0 aliphatic carbocycles. The van der Waals surface area contributed by atoms with Crippen molar-refractivity contribution in [3.8, 4) is 5.75 Å². The molecular formula is C22H33NO7. The first-order valence-corrected chi connectivity index (χ1v) is 10.6. The third kappa shape index (κ3) is 10.8. The van der Waals surface area contributed by atoms with Crippen molar-refractivity contribution in [1.29, 1.82) is 0 Å². The zero-order chi connectivity index (χ0) is 22.2. The van der Waals surface area contributed by atoms with Gasteiger partial charge in [0.2, 0.25) is 0 Å². The Balaban J connectivity index is 2.16.